The Hall–Kier alpha value is -1.34. The summed E-state index contributed by atoms with van der Waals surface area (Å²) in [6.07, 6.45) is 2.37. The molecule has 1 N–H and O–H groups in total. The van der Waals surface area contributed by atoms with Crippen LogP contribution in [-0.4, -0.2) is 27.3 Å². The first-order valence-electron chi connectivity index (χ1n) is 5.99. The first-order chi connectivity index (χ1) is 8.86. The molecule has 0 saturated heterocycles. The summed E-state index contributed by atoms with van der Waals surface area (Å²) in [5.41, 5.74) is 0. The predicted octanol–water partition coefficient (Wildman–Crippen LogP) is 1.61. The molecule has 96 valence electrons. The summed E-state index contributed by atoms with van der Waals surface area (Å²) < 4.78 is 7.60. The number of nitrogens with one attached hydrogen (secondary N) is 1. The molecule has 0 unspecified atom stereocenters. The summed E-state index contributed by atoms with van der Waals surface area (Å²) >= 11 is 1.62. The number of rotatable bonds is 6. The van der Waals surface area contributed by atoms with Crippen molar-refractivity contribution in [2.45, 2.75) is 36.3 Å². The van der Waals surface area contributed by atoms with E-state index >= 15 is 0 Å². The van der Waals surface area contributed by atoms with E-state index in [1.807, 2.05) is 23.9 Å². The van der Waals surface area contributed by atoms with E-state index in [2.05, 4.69) is 20.8 Å². The minimum atomic E-state index is 0.513. The van der Waals surface area contributed by atoms with Crippen LogP contribution in [0.3, 0.4) is 0 Å². The molecule has 2 heterocycles. The molecule has 0 atom stereocenters. The molecule has 1 aliphatic rings. The van der Waals surface area contributed by atoms with E-state index in [1.165, 1.54) is 12.8 Å². The molecule has 0 aromatic carbocycles. The monoisotopic (exact) mass is 265 g/mol. The lowest BCUT2D eigenvalue weighted by Crippen LogP contribution is -2.03. The second-order valence-electron chi connectivity index (χ2n) is 4.32. The molecule has 0 radical (unpaired) electrons. The molecule has 0 spiro atoms. The van der Waals surface area contributed by atoms with Gasteiger partial charge in [0.2, 0.25) is 5.16 Å². The van der Waals surface area contributed by atoms with Crippen molar-refractivity contribution in [3.63, 3.8) is 0 Å². The fraction of sp³-hybridized carbons (Fsp3) is 0.545. The third-order valence-corrected chi connectivity index (χ3v) is 3.72. The average molecular weight is 265 g/mol. The van der Waals surface area contributed by atoms with Crippen molar-refractivity contribution < 1.29 is 4.42 Å². The van der Waals surface area contributed by atoms with Gasteiger partial charge in [-0.3, -0.25) is 0 Å². The standard InChI is InChI=1S/C11H15N5OS/c1-12-6-9-4-5-10(17-9)7-18-11-13-14-15-16(11)8-2-3-8/h4-5,8,12H,2-3,6-7H2,1H3. The Kier molecular flexibility index (Phi) is 3.33. The summed E-state index contributed by atoms with van der Waals surface area (Å²) in [6, 6.07) is 4.51. The van der Waals surface area contributed by atoms with Gasteiger partial charge in [-0.05, 0) is 42.4 Å². The Morgan fingerprint density at radius 1 is 1.44 bits per heavy atom. The van der Waals surface area contributed by atoms with Crippen LogP contribution in [0.25, 0.3) is 0 Å². The van der Waals surface area contributed by atoms with Crippen LogP contribution >= 0.6 is 11.8 Å². The van der Waals surface area contributed by atoms with Gasteiger partial charge in [0.05, 0.1) is 18.3 Å². The second-order valence-corrected chi connectivity index (χ2v) is 5.27. The summed E-state index contributed by atoms with van der Waals surface area (Å²) in [6.45, 7) is 0.754. The molecule has 0 amide bonds. The highest BCUT2D eigenvalue weighted by Gasteiger charge is 2.27. The lowest BCUT2D eigenvalue weighted by atomic mass is 10.4. The third-order valence-electron chi connectivity index (χ3n) is 2.77. The Bertz CT molecular complexity index is 519. The zero-order valence-corrected chi connectivity index (χ0v) is 11.0. The number of hydrogen-bond acceptors (Lipinski definition) is 6. The molecule has 7 heteroatoms. The predicted molar refractivity (Wildman–Crippen MR) is 67.1 cm³/mol. The maximum atomic E-state index is 5.68. The molecule has 3 rings (SSSR count). The lowest BCUT2D eigenvalue weighted by Gasteiger charge is -2.00. The van der Waals surface area contributed by atoms with Crippen LogP contribution in [0, 0.1) is 0 Å². The van der Waals surface area contributed by atoms with Gasteiger partial charge in [0.15, 0.2) is 0 Å². The van der Waals surface area contributed by atoms with Gasteiger partial charge >= 0.3 is 0 Å². The number of furan rings is 1. The topological polar surface area (TPSA) is 68.8 Å². The van der Waals surface area contributed by atoms with Crippen molar-refractivity contribution in [2.75, 3.05) is 7.05 Å². The maximum Gasteiger partial charge on any atom is 0.210 e. The number of thioether (sulfide) groups is 1. The van der Waals surface area contributed by atoms with Gasteiger partial charge in [0, 0.05) is 0 Å². The zero-order chi connectivity index (χ0) is 12.4. The van der Waals surface area contributed by atoms with Crippen LogP contribution in [0.1, 0.15) is 30.4 Å². The number of aromatic nitrogens is 4. The summed E-state index contributed by atoms with van der Waals surface area (Å²) in [7, 11) is 1.90. The van der Waals surface area contributed by atoms with Crippen molar-refractivity contribution in [3.8, 4) is 0 Å². The van der Waals surface area contributed by atoms with E-state index in [-0.39, 0.29) is 0 Å². The van der Waals surface area contributed by atoms with E-state index in [4.69, 9.17) is 4.42 Å². The van der Waals surface area contributed by atoms with Gasteiger partial charge in [-0.25, -0.2) is 4.68 Å². The van der Waals surface area contributed by atoms with E-state index in [0.717, 1.165) is 29.0 Å². The van der Waals surface area contributed by atoms with Crippen molar-refractivity contribution >= 4 is 11.8 Å². The van der Waals surface area contributed by atoms with Crippen molar-refractivity contribution in [1.82, 2.24) is 25.5 Å². The summed E-state index contributed by atoms with van der Waals surface area (Å²) in [4.78, 5) is 0. The zero-order valence-electron chi connectivity index (χ0n) is 10.2. The van der Waals surface area contributed by atoms with Gasteiger partial charge < -0.3 is 9.73 Å². The summed E-state index contributed by atoms with van der Waals surface area (Å²) in [5, 5.41) is 15.7. The minimum Gasteiger partial charge on any atom is -0.464 e. The Morgan fingerprint density at radius 3 is 3.06 bits per heavy atom. The highest BCUT2D eigenvalue weighted by molar-refractivity contribution is 7.98. The smallest absolute Gasteiger partial charge is 0.210 e. The molecule has 0 aliphatic heterocycles. The van der Waals surface area contributed by atoms with Gasteiger partial charge in [-0.15, -0.1) is 5.10 Å². The van der Waals surface area contributed by atoms with Gasteiger partial charge in [-0.1, -0.05) is 11.8 Å². The van der Waals surface area contributed by atoms with Crippen molar-refractivity contribution in [3.05, 3.63) is 23.7 Å². The van der Waals surface area contributed by atoms with Crippen molar-refractivity contribution in [2.24, 2.45) is 0 Å². The summed E-state index contributed by atoms with van der Waals surface area (Å²) in [5.74, 6) is 2.67. The van der Waals surface area contributed by atoms with Crippen LogP contribution in [0.5, 0.6) is 0 Å². The molecule has 18 heavy (non-hydrogen) atoms. The molecule has 2 aromatic heterocycles. The SMILES string of the molecule is CNCc1ccc(CSc2nnnn2C2CC2)o1. The van der Waals surface area contributed by atoms with Crippen LogP contribution in [0.15, 0.2) is 21.7 Å². The van der Waals surface area contributed by atoms with E-state index in [1.54, 1.807) is 11.8 Å². The number of tetrazole rings is 1. The van der Waals surface area contributed by atoms with Crippen LogP contribution in [-0.2, 0) is 12.3 Å². The Balaban J connectivity index is 1.60. The van der Waals surface area contributed by atoms with Gasteiger partial charge in [0.1, 0.15) is 11.5 Å². The normalized spacial score (nSPS) is 15.2. The first-order valence-corrected chi connectivity index (χ1v) is 6.98. The fourth-order valence-electron chi connectivity index (χ4n) is 1.73. The van der Waals surface area contributed by atoms with Crippen LogP contribution in [0.4, 0.5) is 0 Å². The molecule has 1 aliphatic carbocycles. The maximum absolute atomic E-state index is 5.68. The van der Waals surface area contributed by atoms with E-state index in [9.17, 15) is 0 Å². The van der Waals surface area contributed by atoms with Gasteiger partial charge in [0.25, 0.3) is 0 Å². The lowest BCUT2D eigenvalue weighted by molar-refractivity contribution is 0.468. The van der Waals surface area contributed by atoms with E-state index in [0.29, 0.717) is 6.04 Å². The Morgan fingerprint density at radius 2 is 2.28 bits per heavy atom. The molecule has 0 bridgehead atoms. The molecule has 1 saturated carbocycles. The Labute approximate surface area is 109 Å². The van der Waals surface area contributed by atoms with Crippen LogP contribution < -0.4 is 5.32 Å². The van der Waals surface area contributed by atoms with Crippen LogP contribution in [0.2, 0.25) is 0 Å². The number of nitrogens with zero attached hydrogens (tertiary/aromatic N) is 4. The first kappa shape index (κ1) is 11.7. The molecule has 1 fully saturated rings. The molecule has 6 nitrogen and oxygen atoms in total. The number of hydrogen-bond donors (Lipinski definition) is 1. The third kappa shape index (κ3) is 2.56. The van der Waals surface area contributed by atoms with Gasteiger partial charge in [-0.2, -0.15) is 0 Å². The largest absolute Gasteiger partial charge is 0.464 e. The molecular weight excluding hydrogens is 250 g/mol. The minimum absolute atomic E-state index is 0.513. The fourth-order valence-corrected chi connectivity index (χ4v) is 2.57. The second kappa shape index (κ2) is 5.11. The molecule has 2 aromatic rings. The average Bonchev–Trinajstić information content (AvgIpc) is 2.94. The quantitative estimate of drug-likeness (QED) is 0.800. The highest BCUT2D eigenvalue weighted by Crippen LogP contribution is 2.36. The molecular formula is C11H15N5OS. The van der Waals surface area contributed by atoms with Crippen molar-refractivity contribution in [1.29, 1.82) is 0 Å². The van der Waals surface area contributed by atoms with E-state index < -0.39 is 0 Å². The highest BCUT2D eigenvalue weighted by atomic mass is 32.2.